The first kappa shape index (κ1) is 14.6. The lowest BCUT2D eigenvalue weighted by Crippen LogP contribution is -2.38. The summed E-state index contributed by atoms with van der Waals surface area (Å²) in [5, 5.41) is 2.77. The van der Waals surface area contributed by atoms with Crippen molar-refractivity contribution in [3.63, 3.8) is 0 Å². The van der Waals surface area contributed by atoms with Gasteiger partial charge in [0.05, 0.1) is 12.6 Å². The van der Waals surface area contributed by atoms with Crippen LogP contribution in [0.2, 0.25) is 0 Å². The molecule has 0 aliphatic carbocycles. The van der Waals surface area contributed by atoms with Gasteiger partial charge in [-0.25, -0.2) is 0 Å². The van der Waals surface area contributed by atoms with E-state index in [0.717, 1.165) is 11.3 Å². The molecule has 2 atom stereocenters. The van der Waals surface area contributed by atoms with Crippen LogP contribution in [0.5, 0.6) is 11.5 Å². The molecule has 0 bridgehead atoms. The van der Waals surface area contributed by atoms with Gasteiger partial charge < -0.3 is 25.3 Å². The first-order valence-corrected chi connectivity index (χ1v) is 6.53. The molecule has 1 aromatic carbocycles. The van der Waals surface area contributed by atoms with E-state index in [-0.39, 0.29) is 24.6 Å². The summed E-state index contributed by atoms with van der Waals surface area (Å²) in [6.07, 6.45) is 0. The summed E-state index contributed by atoms with van der Waals surface area (Å²) in [4.78, 5) is 11.6. The van der Waals surface area contributed by atoms with Crippen molar-refractivity contribution >= 4 is 5.91 Å². The molecule has 0 saturated heterocycles. The molecular weight excluding hydrogens is 260 g/mol. The molecule has 0 saturated carbocycles. The number of amides is 1. The zero-order valence-electron chi connectivity index (χ0n) is 11.7. The SMILES string of the molecule is COCC(C)NC(=O)COc1ccc2c(c1)OCC2N. The maximum absolute atomic E-state index is 11.6. The average Bonchev–Trinajstić information content (AvgIpc) is 2.78. The van der Waals surface area contributed by atoms with Crippen molar-refractivity contribution in [3.05, 3.63) is 23.8 Å². The van der Waals surface area contributed by atoms with Gasteiger partial charge in [0.1, 0.15) is 18.1 Å². The highest BCUT2D eigenvalue weighted by molar-refractivity contribution is 5.77. The summed E-state index contributed by atoms with van der Waals surface area (Å²) in [7, 11) is 1.59. The van der Waals surface area contributed by atoms with Crippen LogP contribution in [0.4, 0.5) is 0 Å². The van der Waals surface area contributed by atoms with Crippen LogP contribution >= 0.6 is 0 Å². The molecule has 0 fully saturated rings. The summed E-state index contributed by atoms with van der Waals surface area (Å²) in [6, 6.07) is 5.29. The highest BCUT2D eigenvalue weighted by Gasteiger charge is 2.21. The lowest BCUT2D eigenvalue weighted by molar-refractivity contribution is -0.124. The van der Waals surface area contributed by atoms with Gasteiger partial charge in [-0.05, 0) is 19.1 Å². The van der Waals surface area contributed by atoms with Crippen LogP contribution < -0.4 is 20.5 Å². The summed E-state index contributed by atoms with van der Waals surface area (Å²) in [5.41, 5.74) is 6.83. The van der Waals surface area contributed by atoms with E-state index < -0.39 is 0 Å². The lowest BCUT2D eigenvalue weighted by Gasteiger charge is -2.13. The average molecular weight is 280 g/mol. The molecule has 2 rings (SSSR count). The minimum absolute atomic E-state index is 0.0428. The van der Waals surface area contributed by atoms with Crippen molar-refractivity contribution in [3.8, 4) is 11.5 Å². The van der Waals surface area contributed by atoms with Crippen LogP contribution in [0.3, 0.4) is 0 Å². The number of nitrogens with one attached hydrogen (secondary N) is 1. The Balaban J connectivity index is 1.84. The number of hydrogen-bond acceptors (Lipinski definition) is 5. The standard InChI is InChI=1S/C14H20N2O4/c1-9(6-18-2)16-14(17)8-19-10-3-4-11-12(15)7-20-13(11)5-10/h3-5,9,12H,6-8,15H2,1-2H3,(H,16,17). The highest BCUT2D eigenvalue weighted by Crippen LogP contribution is 2.33. The number of benzene rings is 1. The van der Waals surface area contributed by atoms with Crippen molar-refractivity contribution in [2.75, 3.05) is 26.9 Å². The molecule has 1 heterocycles. The van der Waals surface area contributed by atoms with Crippen LogP contribution in [-0.2, 0) is 9.53 Å². The van der Waals surface area contributed by atoms with Gasteiger partial charge in [-0.1, -0.05) is 0 Å². The van der Waals surface area contributed by atoms with Gasteiger partial charge in [-0.2, -0.15) is 0 Å². The molecule has 1 aromatic rings. The number of nitrogens with two attached hydrogens (primary N) is 1. The molecule has 0 aromatic heterocycles. The topological polar surface area (TPSA) is 82.8 Å². The van der Waals surface area contributed by atoms with Crippen molar-refractivity contribution in [1.82, 2.24) is 5.32 Å². The fourth-order valence-electron chi connectivity index (χ4n) is 2.06. The first-order valence-electron chi connectivity index (χ1n) is 6.53. The maximum atomic E-state index is 11.6. The molecule has 6 heteroatoms. The molecule has 3 N–H and O–H groups in total. The van der Waals surface area contributed by atoms with Crippen molar-refractivity contribution in [2.45, 2.75) is 19.0 Å². The fraction of sp³-hybridized carbons (Fsp3) is 0.500. The molecule has 6 nitrogen and oxygen atoms in total. The number of carbonyl (C=O) groups excluding carboxylic acids is 1. The smallest absolute Gasteiger partial charge is 0.258 e. The third kappa shape index (κ3) is 3.61. The number of rotatable bonds is 6. The van der Waals surface area contributed by atoms with Crippen LogP contribution in [0.15, 0.2) is 18.2 Å². The van der Waals surface area contributed by atoms with Gasteiger partial charge in [-0.15, -0.1) is 0 Å². The molecule has 1 amide bonds. The summed E-state index contributed by atoms with van der Waals surface area (Å²) < 4.78 is 15.8. The zero-order valence-corrected chi connectivity index (χ0v) is 11.7. The predicted molar refractivity (Wildman–Crippen MR) is 73.8 cm³/mol. The Labute approximate surface area is 118 Å². The quantitative estimate of drug-likeness (QED) is 0.797. The number of methoxy groups -OCH3 is 1. The summed E-state index contributed by atoms with van der Waals surface area (Å²) >= 11 is 0. The van der Waals surface area contributed by atoms with E-state index in [9.17, 15) is 4.79 Å². The van der Waals surface area contributed by atoms with Gasteiger partial charge in [0.15, 0.2) is 6.61 Å². The molecule has 2 unspecified atom stereocenters. The molecule has 1 aliphatic heterocycles. The zero-order chi connectivity index (χ0) is 14.5. The highest BCUT2D eigenvalue weighted by atomic mass is 16.5. The minimum Gasteiger partial charge on any atom is -0.491 e. The summed E-state index contributed by atoms with van der Waals surface area (Å²) in [6.45, 7) is 2.77. The van der Waals surface area contributed by atoms with Crippen molar-refractivity contribution < 1.29 is 19.0 Å². The maximum Gasteiger partial charge on any atom is 0.258 e. The number of ether oxygens (including phenoxy) is 3. The normalized spacial score (nSPS) is 18.1. The van der Waals surface area contributed by atoms with Gasteiger partial charge in [0.2, 0.25) is 0 Å². The van der Waals surface area contributed by atoms with Crippen molar-refractivity contribution in [2.24, 2.45) is 5.73 Å². The van der Waals surface area contributed by atoms with Crippen LogP contribution in [-0.4, -0.2) is 38.9 Å². The van der Waals surface area contributed by atoms with Crippen LogP contribution in [0.25, 0.3) is 0 Å². The van der Waals surface area contributed by atoms with E-state index >= 15 is 0 Å². The molecule has 0 spiro atoms. The minimum atomic E-state index is -0.187. The van der Waals surface area contributed by atoms with E-state index in [4.69, 9.17) is 19.9 Å². The number of carbonyl (C=O) groups is 1. The second-order valence-electron chi connectivity index (χ2n) is 4.83. The van der Waals surface area contributed by atoms with E-state index in [1.807, 2.05) is 13.0 Å². The largest absolute Gasteiger partial charge is 0.491 e. The van der Waals surface area contributed by atoms with E-state index in [1.54, 1.807) is 19.2 Å². The van der Waals surface area contributed by atoms with Gasteiger partial charge >= 0.3 is 0 Å². The first-order chi connectivity index (χ1) is 9.60. The molecule has 0 radical (unpaired) electrons. The molecule has 1 aliphatic rings. The fourth-order valence-corrected chi connectivity index (χ4v) is 2.06. The molecular formula is C14H20N2O4. The lowest BCUT2D eigenvalue weighted by atomic mass is 10.1. The monoisotopic (exact) mass is 280 g/mol. The Morgan fingerprint density at radius 1 is 1.60 bits per heavy atom. The Hall–Kier alpha value is -1.79. The van der Waals surface area contributed by atoms with Gasteiger partial charge in [0, 0.05) is 24.8 Å². The van der Waals surface area contributed by atoms with Crippen LogP contribution in [0, 0.1) is 0 Å². The van der Waals surface area contributed by atoms with Crippen LogP contribution in [0.1, 0.15) is 18.5 Å². The van der Waals surface area contributed by atoms with E-state index in [1.165, 1.54) is 0 Å². The number of fused-ring (bicyclic) bond motifs is 1. The second kappa shape index (κ2) is 6.58. The van der Waals surface area contributed by atoms with Crippen molar-refractivity contribution in [1.29, 1.82) is 0 Å². The third-order valence-electron chi connectivity index (χ3n) is 3.00. The second-order valence-corrected chi connectivity index (χ2v) is 4.83. The van der Waals surface area contributed by atoms with Gasteiger partial charge in [-0.3, -0.25) is 4.79 Å². The Bertz CT molecular complexity index is 478. The molecule has 110 valence electrons. The Morgan fingerprint density at radius 2 is 2.40 bits per heavy atom. The predicted octanol–water partition coefficient (Wildman–Crippen LogP) is 0.609. The Morgan fingerprint density at radius 3 is 3.15 bits per heavy atom. The summed E-state index contributed by atoms with van der Waals surface area (Å²) in [5.74, 6) is 1.13. The van der Waals surface area contributed by atoms with E-state index in [0.29, 0.717) is 19.0 Å². The number of hydrogen-bond donors (Lipinski definition) is 2. The third-order valence-corrected chi connectivity index (χ3v) is 3.00. The Kier molecular flexibility index (Phi) is 4.81. The van der Waals surface area contributed by atoms with E-state index in [2.05, 4.69) is 5.32 Å². The van der Waals surface area contributed by atoms with Gasteiger partial charge in [0.25, 0.3) is 5.91 Å². The molecule has 20 heavy (non-hydrogen) atoms.